The Morgan fingerprint density at radius 3 is 2.29 bits per heavy atom. The fourth-order valence-electron chi connectivity index (χ4n) is 2.62. The Morgan fingerprint density at radius 2 is 1.86 bits per heavy atom. The van der Waals surface area contributed by atoms with Crippen molar-refractivity contribution in [3.63, 3.8) is 0 Å². The van der Waals surface area contributed by atoms with Crippen LogP contribution in [0.2, 0.25) is 0 Å². The number of nitrogens with zero attached hydrogens (tertiary/aromatic N) is 3. The van der Waals surface area contributed by atoms with Crippen LogP contribution in [-0.2, 0) is 21.4 Å². The van der Waals surface area contributed by atoms with E-state index in [1.807, 2.05) is 0 Å². The summed E-state index contributed by atoms with van der Waals surface area (Å²) in [6.45, 7) is 3.03. The van der Waals surface area contributed by atoms with Gasteiger partial charge in [0.1, 0.15) is 6.04 Å². The van der Waals surface area contributed by atoms with Gasteiger partial charge in [-0.15, -0.1) is 12.4 Å². The van der Waals surface area contributed by atoms with Gasteiger partial charge >= 0.3 is 5.97 Å². The molecule has 11 heteroatoms. The summed E-state index contributed by atoms with van der Waals surface area (Å²) in [7, 11) is -4.23. The first kappa shape index (κ1) is 23.5. The molecule has 0 bridgehead atoms. The molecule has 1 N–H and O–H groups in total. The van der Waals surface area contributed by atoms with Gasteiger partial charge in [-0.1, -0.05) is 19.9 Å². The largest absolute Gasteiger partial charge is 0.480 e. The highest BCUT2D eigenvalue weighted by Crippen LogP contribution is 2.26. The minimum Gasteiger partial charge on any atom is -0.480 e. The fraction of sp³-hybridized carbons (Fsp3) is 0.294. The van der Waals surface area contributed by atoms with Crippen LogP contribution in [-0.4, -0.2) is 39.7 Å². The number of sulfonamides is 1. The number of halogens is 1. The summed E-state index contributed by atoms with van der Waals surface area (Å²) in [5.41, 5.74) is 0.265. The maximum Gasteiger partial charge on any atom is 0.322 e. The summed E-state index contributed by atoms with van der Waals surface area (Å²) >= 11 is 0. The summed E-state index contributed by atoms with van der Waals surface area (Å²) in [4.78, 5) is 25.6. The van der Waals surface area contributed by atoms with Gasteiger partial charge in [-0.3, -0.25) is 19.9 Å². The van der Waals surface area contributed by atoms with Crippen molar-refractivity contribution in [3.05, 3.63) is 64.5 Å². The van der Waals surface area contributed by atoms with Gasteiger partial charge in [0.2, 0.25) is 10.0 Å². The van der Waals surface area contributed by atoms with Gasteiger partial charge in [0.05, 0.1) is 9.82 Å². The van der Waals surface area contributed by atoms with Crippen molar-refractivity contribution in [2.24, 2.45) is 5.92 Å². The summed E-state index contributed by atoms with van der Waals surface area (Å²) in [5, 5.41) is 20.4. The van der Waals surface area contributed by atoms with Crippen molar-refractivity contribution in [1.29, 1.82) is 0 Å². The third-order valence-electron chi connectivity index (χ3n) is 3.91. The van der Waals surface area contributed by atoms with Crippen LogP contribution in [0.25, 0.3) is 0 Å². The number of aromatic nitrogens is 1. The van der Waals surface area contributed by atoms with Crippen LogP contribution in [0.15, 0.2) is 53.7 Å². The molecule has 1 aromatic heterocycles. The van der Waals surface area contributed by atoms with E-state index in [0.29, 0.717) is 5.56 Å². The quantitative estimate of drug-likeness (QED) is 0.504. The van der Waals surface area contributed by atoms with E-state index in [4.69, 9.17) is 0 Å². The number of benzene rings is 1. The van der Waals surface area contributed by atoms with Gasteiger partial charge in [-0.25, -0.2) is 8.42 Å². The summed E-state index contributed by atoms with van der Waals surface area (Å²) in [6, 6.07) is 6.29. The Balaban J connectivity index is 0.00000392. The molecule has 1 atom stereocenters. The Hall–Kier alpha value is -2.56. The van der Waals surface area contributed by atoms with E-state index < -0.39 is 32.9 Å². The fourth-order valence-corrected chi connectivity index (χ4v) is 4.32. The number of aliphatic carboxylic acids is 1. The Kier molecular flexibility index (Phi) is 8.03. The molecule has 2 aromatic rings. The number of pyridine rings is 1. The molecular weight excluding hydrogens is 410 g/mol. The predicted molar refractivity (Wildman–Crippen MR) is 104 cm³/mol. The molecule has 0 spiro atoms. The van der Waals surface area contributed by atoms with E-state index >= 15 is 0 Å². The first-order valence-electron chi connectivity index (χ1n) is 8.02. The van der Waals surface area contributed by atoms with E-state index in [1.165, 1.54) is 12.4 Å². The number of hydrogen-bond donors (Lipinski definition) is 1. The van der Waals surface area contributed by atoms with Crippen LogP contribution in [0.5, 0.6) is 0 Å². The highest BCUT2D eigenvalue weighted by atomic mass is 35.5. The van der Waals surface area contributed by atoms with Crippen molar-refractivity contribution in [2.75, 3.05) is 0 Å². The monoisotopic (exact) mass is 429 g/mol. The first-order chi connectivity index (χ1) is 12.6. The van der Waals surface area contributed by atoms with Gasteiger partial charge in [-0.05, 0) is 29.7 Å². The van der Waals surface area contributed by atoms with E-state index in [1.54, 1.807) is 26.0 Å². The summed E-state index contributed by atoms with van der Waals surface area (Å²) < 4.78 is 27.2. The number of hydrogen-bond acceptors (Lipinski definition) is 6. The standard InChI is InChI=1S/C17H19N3O6S.ClH/c1-12(2)16(17(21)22)19(11-13-4-3-9-18-10-13)27(25,26)15-7-5-14(6-8-15)20(23)24;/h3-10,12,16H,11H2,1-2H3,(H,21,22);1H/t16-;/m1./s1. The van der Waals surface area contributed by atoms with Crippen molar-refractivity contribution in [1.82, 2.24) is 9.29 Å². The molecule has 2 rings (SSSR count). The molecule has 0 aliphatic heterocycles. The van der Waals surface area contributed by atoms with Crippen LogP contribution in [0.3, 0.4) is 0 Å². The lowest BCUT2D eigenvalue weighted by Gasteiger charge is -2.30. The molecule has 0 radical (unpaired) electrons. The average Bonchev–Trinajstić information content (AvgIpc) is 2.61. The number of non-ortho nitro benzene ring substituents is 1. The SMILES string of the molecule is CC(C)[C@H](C(=O)O)N(Cc1cccnc1)S(=O)(=O)c1ccc([N+](=O)[O-])cc1.Cl. The van der Waals surface area contributed by atoms with Crippen molar-refractivity contribution in [2.45, 2.75) is 31.3 Å². The zero-order valence-corrected chi connectivity index (χ0v) is 16.8. The van der Waals surface area contributed by atoms with Crippen LogP contribution >= 0.6 is 12.4 Å². The zero-order valence-electron chi connectivity index (χ0n) is 15.1. The molecule has 0 amide bonds. The van der Waals surface area contributed by atoms with Gasteiger partial charge in [0.15, 0.2) is 0 Å². The lowest BCUT2D eigenvalue weighted by atomic mass is 10.0. The number of rotatable bonds is 8. The third-order valence-corrected chi connectivity index (χ3v) is 5.75. The van der Waals surface area contributed by atoms with Gasteiger partial charge in [0.25, 0.3) is 5.69 Å². The molecule has 152 valence electrons. The van der Waals surface area contributed by atoms with Crippen LogP contribution in [0.4, 0.5) is 5.69 Å². The Labute approximate surface area is 168 Å². The zero-order chi connectivity index (χ0) is 20.2. The maximum absolute atomic E-state index is 13.1. The van der Waals surface area contributed by atoms with Crippen LogP contribution in [0, 0.1) is 16.0 Å². The maximum atomic E-state index is 13.1. The molecule has 0 aliphatic rings. The number of carboxylic acid groups (broad SMARTS) is 1. The molecule has 9 nitrogen and oxygen atoms in total. The van der Waals surface area contributed by atoms with Crippen molar-refractivity contribution >= 4 is 34.1 Å². The molecule has 28 heavy (non-hydrogen) atoms. The average molecular weight is 430 g/mol. The minimum absolute atomic E-state index is 0. The van der Waals surface area contributed by atoms with E-state index in [9.17, 15) is 28.4 Å². The number of carboxylic acids is 1. The van der Waals surface area contributed by atoms with Crippen LogP contribution in [0.1, 0.15) is 19.4 Å². The highest BCUT2D eigenvalue weighted by Gasteiger charge is 2.38. The van der Waals surface area contributed by atoms with Gasteiger partial charge < -0.3 is 5.11 Å². The van der Waals surface area contributed by atoms with Gasteiger partial charge in [-0.2, -0.15) is 4.31 Å². The molecule has 0 saturated carbocycles. The van der Waals surface area contributed by atoms with Crippen LogP contribution < -0.4 is 0 Å². The molecule has 1 aromatic carbocycles. The normalized spacial score (nSPS) is 12.4. The van der Waals surface area contributed by atoms with Crippen molar-refractivity contribution < 1.29 is 23.2 Å². The second-order valence-electron chi connectivity index (χ2n) is 6.19. The number of carbonyl (C=O) groups is 1. The summed E-state index contributed by atoms with van der Waals surface area (Å²) in [5.74, 6) is -1.79. The topological polar surface area (TPSA) is 131 Å². The smallest absolute Gasteiger partial charge is 0.322 e. The number of nitro groups is 1. The molecule has 0 saturated heterocycles. The van der Waals surface area contributed by atoms with E-state index in [2.05, 4.69) is 4.98 Å². The Bertz CT molecular complexity index is 920. The lowest BCUT2D eigenvalue weighted by molar-refractivity contribution is -0.384. The van der Waals surface area contributed by atoms with E-state index in [-0.39, 0.29) is 29.5 Å². The second kappa shape index (κ2) is 9.58. The summed E-state index contributed by atoms with van der Waals surface area (Å²) in [6.07, 6.45) is 2.98. The molecule has 0 fully saturated rings. The predicted octanol–water partition coefficient (Wildman–Crippen LogP) is 2.71. The molecular formula is C17H20ClN3O6S. The molecule has 1 heterocycles. The lowest BCUT2D eigenvalue weighted by Crippen LogP contribution is -2.47. The Morgan fingerprint density at radius 1 is 1.25 bits per heavy atom. The van der Waals surface area contributed by atoms with Gasteiger partial charge in [0, 0.05) is 31.1 Å². The third kappa shape index (κ3) is 5.24. The minimum atomic E-state index is -4.23. The first-order valence-corrected chi connectivity index (χ1v) is 9.46. The van der Waals surface area contributed by atoms with E-state index in [0.717, 1.165) is 28.6 Å². The molecule has 0 aliphatic carbocycles. The second-order valence-corrected chi connectivity index (χ2v) is 8.08. The van der Waals surface area contributed by atoms with Crippen molar-refractivity contribution in [3.8, 4) is 0 Å². The highest BCUT2D eigenvalue weighted by molar-refractivity contribution is 7.89. The number of nitro benzene ring substituents is 1. The molecule has 0 unspecified atom stereocenters.